The molecule has 32 heavy (non-hydrogen) atoms. The molecule has 0 radical (unpaired) electrons. The molecule has 1 aromatic rings. The zero-order valence-corrected chi connectivity index (χ0v) is 21.0. The van der Waals surface area contributed by atoms with Crippen molar-refractivity contribution >= 4 is 9.84 Å². The van der Waals surface area contributed by atoms with Crippen LogP contribution < -0.4 is 0 Å². The van der Waals surface area contributed by atoms with Crippen LogP contribution in [0.25, 0.3) is 0 Å². The number of fused-ring (bicyclic) bond motifs is 5. The second-order valence-corrected chi connectivity index (χ2v) is 14.5. The zero-order chi connectivity index (χ0) is 22.7. The number of hydrogen-bond donors (Lipinski definition) is 1. The molecular weight excluding hydrogens is 416 g/mol. The quantitative estimate of drug-likeness (QED) is 0.592. The second-order valence-electron chi connectivity index (χ2n) is 12.4. The van der Waals surface area contributed by atoms with Crippen molar-refractivity contribution in [2.75, 3.05) is 5.75 Å². The predicted molar refractivity (Wildman–Crippen MR) is 129 cm³/mol. The number of aliphatic hydroxyl groups is 1. The van der Waals surface area contributed by atoms with Gasteiger partial charge in [-0.15, -0.1) is 0 Å². The fourth-order valence-electron chi connectivity index (χ4n) is 9.42. The fraction of sp³-hybridized carbons (Fsp3) is 0.786. The van der Waals surface area contributed by atoms with Crippen LogP contribution in [0.4, 0.5) is 0 Å². The van der Waals surface area contributed by atoms with Gasteiger partial charge in [0, 0.05) is 0 Å². The third kappa shape index (κ3) is 3.59. The molecule has 4 heteroatoms. The molecule has 3 nitrogen and oxygen atoms in total. The van der Waals surface area contributed by atoms with Crippen LogP contribution in [-0.4, -0.2) is 25.4 Å². The molecule has 4 fully saturated rings. The highest BCUT2D eigenvalue weighted by molar-refractivity contribution is 7.91. The first kappa shape index (κ1) is 22.9. The van der Waals surface area contributed by atoms with Gasteiger partial charge < -0.3 is 5.11 Å². The summed E-state index contributed by atoms with van der Waals surface area (Å²) in [5.41, 5.74) is 0.683. The largest absolute Gasteiger partial charge is 0.393 e. The van der Waals surface area contributed by atoms with Gasteiger partial charge in [0.15, 0.2) is 9.84 Å². The topological polar surface area (TPSA) is 54.4 Å². The van der Waals surface area contributed by atoms with Crippen LogP contribution >= 0.6 is 0 Å². The molecule has 0 bridgehead atoms. The second kappa shape index (κ2) is 8.12. The molecule has 9 unspecified atom stereocenters. The van der Waals surface area contributed by atoms with Gasteiger partial charge in [0.2, 0.25) is 0 Å². The van der Waals surface area contributed by atoms with Crippen molar-refractivity contribution in [2.24, 2.45) is 46.3 Å². The van der Waals surface area contributed by atoms with Crippen LogP contribution in [0.15, 0.2) is 35.2 Å². The third-order valence-corrected chi connectivity index (χ3v) is 12.7. The van der Waals surface area contributed by atoms with Crippen molar-refractivity contribution in [3.8, 4) is 0 Å². The summed E-state index contributed by atoms with van der Waals surface area (Å²) in [5.74, 6) is 4.49. The lowest BCUT2D eigenvalue weighted by molar-refractivity contribution is -0.132. The molecule has 4 saturated carbocycles. The van der Waals surface area contributed by atoms with Crippen molar-refractivity contribution in [2.45, 2.75) is 89.6 Å². The molecule has 5 rings (SSSR count). The molecule has 0 spiro atoms. The normalized spacial score (nSPS) is 46.2. The van der Waals surface area contributed by atoms with E-state index in [1.54, 1.807) is 12.1 Å². The minimum atomic E-state index is -3.21. The van der Waals surface area contributed by atoms with Gasteiger partial charge in [-0.05, 0) is 116 Å². The van der Waals surface area contributed by atoms with Gasteiger partial charge in [0.05, 0.1) is 16.8 Å². The summed E-state index contributed by atoms with van der Waals surface area (Å²) >= 11 is 0. The Hall–Kier alpha value is -0.870. The van der Waals surface area contributed by atoms with Crippen molar-refractivity contribution in [1.29, 1.82) is 0 Å². The van der Waals surface area contributed by atoms with Crippen LogP contribution in [0.5, 0.6) is 0 Å². The van der Waals surface area contributed by atoms with Crippen molar-refractivity contribution in [1.82, 2.24) is 0 Å². The number of hydrogen-bond acceptors (Lipinski definition) is 3. The molecule has 0 amide bonds. The summed E-state index contributed by atoms with van der Waals surface area (Å²) in [5, 5.41) is 10.3. The van der Waals surface area contributed by atoms with Gasteiger partial charge in [-0.1, -0.05) is 39.0 Å². The van der Waals surface area contributed by atoms with E-state index < -0.39 is 9.84 Å². The lowest BCUT2D eigenvalue weighted by atomic mass is 9.44. The maximum atomic E-state index is 13.0. The van der Waals surface area contributed by atoms with Crippen molar-refractivity contribution in [3.63, 3.8) is 0 Å². The monoisotopic (exact) mass is 458 g/mol. The molecule has 0 aromatic heterocycles. The minimum absolute atomic E-state index is 0.0835. The van der Waals surface area contributed by atoms with E-state index in [0.717, 1.165) is 37.0 Å². The fourth-order valence-corrected chi connectivity index (χ4v) is 10.8. The average Bonchev–Trinajstić information content (AvgIpc) is 3.03. The van der Waals surface area contributed by atoms with Gasteiger partial charge >= 0.3 is 0 Å². The Labute approximate surface area is 195 Å². The summed E-state index contributed by atoms with van der Waals surface area (Å²) in [6, 6.07) is 9.00. The van der Waals surface area contributed by atoms with Crippen molar-refractivity contribution < 1.29 is 13.5 Å². The van der Waals surface area contributed by atoms with E-state index in [-0.39, 0.29) is 17.3 Å². The maximum Gasteiger partial charge on any atom is 0.178 e. The molecule has 1 aromatic carbocycles. The molecule has 178 valence electrons. The van der Waals surface area contributed by atoms with Gasteiger partial charge in [-0.3, -0.25) is 0 Å². The Morgan fingerprint density at radius 3 is 2.44 bits per heavy atom. The summed E-state index contributed by atoms with van der Waals surface area (Å²) in [7, 11) is -3.21. The van der Waals surface area contributed by atoms with Crippen LogP contribution in [0.2, 0.25) is 0 Å². The minimum Gasteiger partial charge on any atom is -0.393 e. The zero-order valence-electron chi connectivity index (χ0n) is 20.2. The van der Waals surface area contributed by atoms with E-state index in [1.165, 1.54) is 38.5 Å². The Morgan fingerprint density at radius 2 is 1.69 bits per heavy atom. The van der Waals surface area contributed by atoms with E-state index in [1.807, 2.05) is 18.2 Å². The van der Waals surface area contributed by atoms with E-state index in [9.17, 15) is 13.5 Å². The van der Waals surface area contributed by atoms with Gasteiger partial charge in [0.25, 0.3) is 0 Å². The van der Waals surface area contributed by atoms with E-state index >= 15 is 0 Å². The predicted octanol–water partition coefficient (Wildman–Crippen LogP) is 6.12. The highest BCUT2D eigenvalue weighted by atomic mass is 32.2. The Bertz CT molecular complexity index is 927. The van der Waals surface area contributed by atoms with E-state index in [0.29, 0.717) is 28.1 Å². The van der Waals surface area contributed by atoms with Crippen LogP contribution in [-0.2, 0) is 9.84 Å². The lowest BCUT2D eigenvalue weighted by Gasteiger charge is -2.61. The Kier molecular flexibility index (Phi) is 5.81. The Balaban J connectivity index is 1.34. The van der Waals surface area contributed by atoms with Crippen LogP contribution in [0, 0.1) is 46.3 Å². The molecular formula is C28H42O3S. The van der Waals surface area contributed by atoms with Gasteiger partial charge in [0.1, 0.15) is 0 Å². The molecule has 0 aliphatic heterocycles. The highest BCUT2D eigenvalue weighted by Gasteiger charge is 2.61. The summed E-state index contributed by atoms with van der Waals surface area (Å²) in [4.78, 5) is 0.474. The first-order valence-electron chi connectivity index (χ1n) is 13.1. The third-order valence-electron chi connectivity index (χ3n) is 11.0. The average molecular weight is 459 g/mol. The lowest BCUT2D eigenvalue weighted by Crippen LogP contribution is -2.54. The summed E-state index contributed by atoms with van der Waals surface area (Å²) in [6.07, 6.45) is 10.2. The number of aliphatic hydroxyl groups excluding tert-OH is 1. The molecule has 4 aliphatic carbocycles. The molecule has 9 atom stereocenters. The number of rotatable bonds is 4. The summed E-state index contributed by atoms with van der Waals surface area (Å²) in [6.45, 7) is 7.51. The Morgan fingerprint density at radius 1 is 0.969 bits per heavy atom. The smallest absolute Gasteiger partial charge is 0.178 e. The SMILES string of the molecule is CC1CC(CCS(=O)(=O)c2ccccc2)C2(C)CCC3C(CCC4CC(O)CCC43C)C12. The standard InChI is InChI=1S/C28H42O3S/c1-19-17-21(13-16-32(30,31)23-7-5-4-6-8-23)28(3)15-12-25-24(26(19)28)10-9-20-18-22(29)11-14-27(20,25)2/h4-8,19-22,24-26,29H,9-18H2,1-3H3. The van der Waals surface area contributed by atoms with Crippen molar-refractivity contribution in [3.05, 3.63) is 30.3 Å². The molecule has 0 saturated heterocycles. The summed E-state index contributed by atoms with van der Waals surface area (Å²) < 4.78 is 25.9. The highest BCUT2D eigenvalue weighted by Crippen LogP contribution is 2.69. The van der Waals surface area contributed by atoms with Gasteiger partial charge in [-0.25, -0.2) is 8.42 Å². The first-order valence-corrected chi connectivity index (χ1v) is 14.8. The number of sulfone groups is 1. The maximum absolute atomic E-state index is 13.0. The van der Waals surface area contributed by atoms with Crippen LogP contribution in [0.3, 0.4) is 0 Å². The number of benzene rings is 1. The molecule has 4 aliphatic rings. The van der Waals surface area contributed by atoms with E-state index in [4.69, 9.17) is 0 Å². The van der Waals surface area contributed by atoms with E-state index in [2.05, 4.69) is 20.8 Å². The first-order chi connectivity index (χ1) is 15.1. The van der Waals surface area contributed by atoms with Gasteiger partial charge in [-0.2, -0.15) is 0 Å². The molecule has 0 heterocycles. The molecule has 1 N–H and O–H groups in total. The van der Waals surface area contributed by atoms with Crippen LogP contribution in [0.1, 0.15) is 78.6 Å².